The van der Waals surface area contributed by atoms with Crippen LogP contribution in [0.15, 0.2) is 24.3 Å². The Hall–Kier alpha value is -1.16. The number of halogens is 2. The second-order valence-corrected chi connectivity index (χ2v) is 3.29. The molecule has 1 atom stereocenters. The molecule has 0 amide bonds. The first kappa shape index (κ1) is 11.9. The van der Waals surface area contributed by atoms with Crippen molar-refractivity contribution < 1.29 is 13.5 Å². The van der Waals surface area contributed by atoms with Gasteiger partial charge in [-0.15, -0.1) is 0 Å². The first-order valence-corrected chi connectivity index (χ1v) is 4.79. The van der Waals surface area contributed by atoms with Crippen molar-refractivity contribution >= 4 is 0 Å². The van der Waals surface area contributed by atoms with Gasteiger partial charge in [0.05, 0.1) is 13.7 Å². The fourth-order valence-corrected chi connectivity index (χ4v) is 1.28. The summed E-state index contributed by atoms with van der Waals surface area (Å²) in [6.07, 6.45) is -2.31. The van der Waals surface area contributed by atoms with Gasteiger partial charge in [0, 0.05) is 6.04 Å². The standard InChI is InChI=1S/C11H15F2NO/c1-8(14-7-11(12)13)9-3-5-10(15-2)6-4-9/h3-6,8,11,14H,7H2,1-2H3/t8-/m0/s1. The number of nitrogens with one attached hydrogen (secondary N) is 1. The second-order valence-electron chi connectivity index (χ2n) is 3.29. The highest BCUT2D eigenvalue weighted by Gasteiger charge is 2.08. The van der Waals surface area contributed by atoms with Crippen LogP contribution in [-0.2, 0) is 0 Å². The van der Waals surface area contributed by atoms with E-state index in [-0.39, 0.29) is 12.6 Å². The van der Waals surface area contributed by atoms with Gasteiger partial charge in [0.15, 0.2) is 0 Å². The third-order valence-corrected chi connectivity index (χ3v) is 2.19. The molecule has 2 nitrogen and oxygen atoms in total. The smallest absolute Gasteiger partial charge is 0.250 e. The van der Waals surface area contributed by atoms with Gasteiger partial charge in [-0.2, -0.15) is 0 Å². The average molecular weight is 215 g/mol. The molecule has 0 aliphatic heterocycles. The Morgan fingerprint density at radius 2 is 1.87 bits per heavy atom. The third-order valence-electron chi connectivity index (χ3n) is 2.19. The van der Waals surface area contributed by atoms with E-state index in [0.29, 0.717) is 0 Å². The summed E-state index contributed by atoms with van der Waals surface area (Å²) < 4.78 is 28.9. The molecule has 1 N–H and O–H groups in total. The lowest BCUT2D eigenvalue weighted by Crippen LogP contribution is -2.24. The zero-order valence-corrected chi connectivity index (χ0v) is 8.84. The molecule has 0 saturated carbocycles. The molecule has 0 unspecified atom stereocenters. The summed E-state index contributed by atoms with van der Waals surface area (Å²) >= 11 is 0. The Balaban J connectivity index is 2.54. The number of benzene rings is 1. The number of rotatable bonds is 5. The lowest BCUT2D eigenvalue weighted by molar-refractivity contribution is 0.142. The maximum absolute atomic E-state index is 11.9. The molecule has 0 aliphatic carbocycles. The minimum Gasteiger partial charge on any atom is -0.497 e. The van der Waals surface area contributed by atoms with Crippen LogP contribution in [-0.4, -0.2) is 20.1 Å². The van der Waals surface area contributed by atoms with Gasteiger partial charge in [-0.1, -0.05) is 12.1 Å². The summed E-state index contributed by atoms with van der Waals surface area (Å²) in [5, 5.41) is 2.74. The van der Waals surface area contributed by atoms with Crippen molar-refractivity contribution in [3.63, 3.8) is 0 Å². The molecule has 0 saturated heterocycles. The van der Waals surface area contributed by atoms with E-state index in [1.165, 1.54) is 0 Å². The molecule has 0 bridgehead atoms. The second kappa shape index (κ2) is 5.66. The summed E-state index contributed by atoms with van der Waals surface area (Å²) in [4.78, 5) is 0. The Morgan fingerprint density at radius 1 is 1.27 bits per heavy atom. The lowest BCUT2D eigenvalue weighted by atomic mass is 10.1. The molecule has 0 heterocycles. The summed E-state index contributed by atoms with van der Waals surface area (Å²) in [6, 6.07) is 7.28. The van der Waals surface area contributed by atoms with Crippen molar-refractivity contribution in [2.24, 2.45) is 0 Å². The summed E-state index contributed by atoms with van der Waals surface area (Å²) in [7, 11) is 1.59. The van der Waals surface area contributed by atoms with Gasteiger partial charge in [-0.3, -0.25) is 0 Å². The van der Waals surface area contributed by atoms with Crippen molar-refractivity contribution in [1.29, 1.82) is 0 Å². The molecule has 0 aromatic heterocycles. The maximum atomic E-state index is 11.9. The Labute approximate surface area is 88.3 Å². The Kier molecular flexibility index (Phi) is 4.49. The zero-order valence-electron chi connectivity index (χ0n) is 8.84. The fourth-order valence-electron chi connectivity index (χ4n) is 1.28. The van der Waals surface area contributed by atoms with Crippen LogP contribution >= 0.6 is 0 Å². The van der Waals surface area contributed by atoms with Crippen LogP contribution in [0.2, 0.25) is 0 Å². The van der Waals surface area contributed by atoms with Gasteiger partial charge in [-0.05, 0) is 24.6 Å². The first-order valence-electron chi connectivity index (χ1n) is 4.79. The van der Waals surface area contributed by atoms with E-state index in [0.717, 1.165) is 11.3 Å². The molecule has 1 aromatic carbocycles. The number of ether oxygens (including phenoxy) is 1. The lowest BCUT2D eigenvalue weighted by Gasteiger charge is -2.14. The van der Waals surface area contributed by atoms with E-state index in [1.54, 1.807) is 7.11 Å². The van der Waals surface area contributed by atoms with Crippen LogP contribution < -0.4 is 10.1 Å². The molecule has 0 radical (unpaired) electrons. The molecular weight excluding hydrogens is 200 g/mol. The number of methoxy groups -OCH3 is 1. The molecule has 0 spiro atoms. The summed E-state index contributed by atoms with van der Waals surface area (Å²) in [5.74, 6) is 0.764. The maximum Gasteiger partial charge on any atom is 0.250 e. The topological polar surface area (TPSA) is 21.3 Å². The van der Waals surface area contributed by atoms with E-state index in [2.05, 4.69) is 5.32 Å². The molecule has 4 heteroatoms. The van der Waals surface area contributed by atoms with Crippen molar-refractivity contribution in [2.75, 3.05) is 13.7 Å². The van der Waals surface area contributed by atoms with Crippen molar-refractivity contribution in [1.82, 2.24) is 5.32 Å². The molecule has 84 valence electrons. The molecule has 1 aromatic rings. The summed E-state index contributed by atoms with van der Waals surface area (Å²) in [5.41, 5.74) is 0.969. The first-order chi connectivity index (χ1) is 7.13. The van der Waals surface area contributed by atoms with Crippen LogP contribution in [0.5, 0.6) is 5.75 Å². The zero-order chi connectivity index (χ0) is 11.3. The summed E-state index contributed by atoms with van der Waals surface area (Å²) in [6.45, 7) is 1.57. The SMILES string of the molecule is COc1ccc([C@H](C)NCC(F)F)cc1. The highest BCUT2D eigenvalue weighted by Crippen LogP contribution is 2.17. The van der Waals surface area contributed by atoms with Gasteiger partial charge >= 0.3 is 0 Å². The minimum atomic E-state index is -2.31. The van der Waals surface area contributed by atoms with E-state index >= 15 is 0 Å². The van der Waals surface area contributed by atoms with Gasteiger partial charge in [0.1, 0.15) is 5.75 Å². The van der Waals surface area contributed by atoms with Gasteiger partial charge in [0.2, 0.25) is 0 Å². The predicted molar refractivity (Wildman–Crippen MR) is 55.4 cm³/mol. The number of hydrogen-bond donors (Lipinski definition) is 1. The minimum absolute atomic E-state index is 0.0788. The predicted octanol–water partition coefficient (Wildman–Crippen LogP) is 2.61. The fraction of sp³-hybridized carbons (Fsp3) is 0.455. The molecule has 0 aliphatic rings. The van der Waals surface area contributed by atoms with Crippen molar-refractivity contribution in [2.45, 2.75) is 19.4 Å². The Morgan fingerprint density at radius 3 is 2.33 bits per heavy atom. The number of alkyl halides is 2. The molecular formula is C11H15F2NO. The normalized spacial score (nSPS) is 12.9. The van der Waals surface area contributed by atoms with Crippen molar-refractivity contribution in [3.05, 3.63) is 29.8 Å². The largest absolute Gasteiger partial charge is 0.497 e. The van der Waals surface area contributed by atoms with Gasteiger partial charge in [-0.25, -0.2) is 8.78 Å². The van der Waals surface area contributed by atoms with E-state index < -0.39 is 6.43 Å². The number of hydrogen-bond acceptors (Lipinski definition) is 2. The van der Waals surface area contributed by atoms with Gasteiger partial charge < -0.3 is 10.1 Å². The quantitative estimate of drug-likeness (QED) is 0.815. The van der Waals surface area contributed by atoms with E-state index in [1.807, 2.05) is 31.2 Å². The monoisotopic (exact) mass is 215 g/mol. The van der Waals surface area contributed by atoms with Crippen LogP contribution in [0.25, 0.3) is 0 Å². The van der Waals surface area contributed by atoms with E-state index in [9.17, 15) is 8.78 Å². The van der Waals surface area contributed by atoms with Crippen LogP contribution in [0, 0.1) is 0 Å². The highest BCUT2D eigenvalue weighted by molar-refractivity contribution is 5.28. The van der Waals surface area contributed by atoms with Crippen molar-refractivity contribution in [3.8, 4) is 5.75 Å². The van der Waals surface area contributed by atoms with Crippen LogP contribution in [0.1, 0.15) is 18.5 Å². The van der Waals surface area contributed by atoms with Crippen LogP contribution in [0.4, 0.5) is 8.78 Å². The highest BCUT2D eigenvalue weighted by atomic mass is 19.3. The molecule has 1 rings (SSSR count). The van der Waals surface area contributed by atoms with E-state index in [4.69, 9.17) is 4.74 Å². The molecule has 0 fully saturated rings. The van der Waals surface area contributed by atoms with Crippen LogP contribution in [0.3, 0.4) is 0 Å². The Bertz CT molecular complexity index is 287. The third kappa shape index (κ3) is 3.83. The van der Waals surface area contributed by atoms with Gasteiger partial charge in [0.25, 0.3) is 6.43 Å². The average Bonchev–Trinajstić information content (AvgIpc) is 2.26. The molecule has 15 heavy (non-hydrogen) atoms.